The first-order chi connectivity index (χ1) is 11.4. The topological polar surface area (TPSA) is 72.9 Å². The average Bonchev–Trinajstić information content (AvgIpc) is 2.93. The van der Waals surface area contributed by atoms with E-state index < -0.39 is 5.54 Å². The Labute approximate surface area is 149 Å². The Balaban J connectivity index is 2.15. The fourth-order valence-electron chi connectivity index (χ4n) is 2.93. The maximum atomic E-state index is 12.6. The van der Waals surface area contributed by atoms with E-state index in [1.54, 1.807) is 0 Å². The lowest BCUT2D eigenvalue weighted by molar-refractivity contribution is -0.118. The molecule has 0 aromatic carbocycles. The highest BCUT2D eigenvalue weighted by molar-refractivity contribution is 8.04. The lowest BCUT2D eigenvalue weighted by Crippen LogP contribution is -2.49. The minimum Gasteiger partial charge on any atom is -0.345 e. The number of hydrogen-bond donors (Lipinski definition) is 2. The highest BCUT2D eigenvalue weighted by Crippen LogP contribution is 2.35. The molecule has 0 radical (unpaired) electrons. The number of hydrogen-bond acceptors (Lipinski definition) is 4. The summed E-state index contributed by atoms with van der Waals surface area (Å²) in [5.41, 5.74) is 6.31. The van der Waals surface area contributed by atoms with Crippen molar-refractivity contribution in [3.05, 3.63) is 22.7 Å². The molecule has 1 heterocycles. The minimum atomic E-state index is -0.411. The molecule has 0 spiro atoms. The first kappa shape index (κ1) is 19.1. The van der Waals surface area contributed by atoms with Gasteiger partial charge in [-0.2, -0.15) is 5.10 Å². The molecule has 1 fully saturated rings. The summed E-state index contributed by atoms with van der Waals surface area (Å²) in [6.45, 7) is 8.17. The van der Waals surface area contributed by atoms with Crippen molar-refractivity contribution in [2.75, 3.05) is 6.54 Å². The summed E-state index contributed by atoms with van der Waals surface area (Å²) in [4.78, 5) is 13.3. The van der Waals surface area contributed by atoms with Crippen LogP contribution < -0.4 is 11.1 Å². The van der Waals surface area contributed by atoms with Crippen molar-refractivity contribution in [1.82, 2.24) is 15.1 Å². The van der Waals surface area contributed by atoms with Crippen LogP contribution in [0.25, 0.3) is 0 Å². The van der Waals surface area contributed by atoms with Gasteiger partial charge in [-0.05, 0) is 46.6 Å². The van der Waals surface area contributed by atoms with Gasteiger partial charge in [-0.15, -0.1) is 0 Å². The fraction of sp³-hybridized carbons (Fsp3) is 0.667. The number of nitrogens with two attached hydrogens (primary N) is 1. The number of thioether (sulfide) groups is 1. The van der Waals surface area contributed by atoms with Crippen LogP contribution in [0, 0.1) is 6.92 Å². The van der Waals surface area contributed by atoms with Gasteiger partial charge in [-0.1, -0.05) is 37.1 Å². The number of nitrogens with zero attached hydrogens (tertiary/aromatic N) is 2. The highest BCUT2D eigenvalue weighted by Gasteiger charge is 2.24. The molecule has 3 N–H and O–H groups in total. The van der Waals surface area contributed by atoms with Gasteiger partial charge in [0.25, 0.3) is 5.91 Å². The van der Waals surface area contributed by atoms with Crippen molar-refractivity contribution in [2.45, 2.75) is 76.4 Å². The second-order valence-corrected chi connectivity index (χ2v) is 8.22. The number of aromatic nitrogens is 2. The monoisotopic (exact) mass is 350 g/mol. The SMILES string of the molecule is C/C=C(\Sc1cc(C)nn1C1CCCCC1)C(=O)NC(C)(C)CN. The molecule has 0 aliphatic heterocycles. The van der Waals surface area contributed by atoms with Gasteiger partial charge in [0.2, 0.25) is 0 Å². The third-order valence-corrected chi connectivity index (χ3v) is 5.56. The predicted molar refractivity (Wildman–Crippen MR) is 100.0 cm³/mol. The van der Waals surface area contributed by atoms with Crippen LogP contribution in [0.15, 0.2) is 22.1 Å². The van der Waals surface area contributed by atoms with E-state index in [1.165, 1.54) is 43.9 Å². The second-order valence-electron chi connectivity index (χ2n) is 7.16. The van der Waals surface area contributed by atoms with Crippen LogP contribution in [0.2, 0.25) is 0 Å². The zero-order valence-corrected chi connectivity index (χ0v) is 16.1. The molecule has 5 nitrogen and oxygen atoms in total. The van der Waals surface area contributed by atoms with Gasteiger partial charge >= 0.3 is 0 Å². The molecular weight excluding hydrogens is 320 g/mol. The second kappa shape index (κ2) is 8.21. The van der Waals surface area contributed by atoms with E-state index in [2.05, 4.69) is 21.2 Å². The predicted octanol–water partition coefficient (Wildman–Crippen LogP) is 3.55. The maximum absolute atomic E-state index is 12.6. The molecule has 134 valence electrons. The molecule has 0 atom stereocenters. The Morgan fingerprint density at radius 3 is 2.71 bits per heavy atom. The molecule has 1 aromatic heterocycles. The number of aryl methyl sites for hydroxylation is 1. The van der Waals surface area contributed by atoms with Gasteiger partial charge < -0.3 is 11.1 Å². The third kappa shape index (κ3) is 4.86. The molecule has 24 heavy (non-hydrogen) atoms. The first-order valence-corrected chi connectivity index (χ1v) is 9.61. The number of rotatable bonds is 6. The summed E-state index contributed by atoms with van der Waals surface area (Å²) in [6.07, 6.45) is 8.04. The molecule has 0 unspecified atom stereocenters. The molecule has 2 rings (SSSR count). The first-order valence-electron chi connectivity index (χ1n) is 8.79. The number of carbonyl (C=O) groups is 1. The van der Waals surface area contributed by atoms with Crippen LogP contribution in [-0.4, -0.2) is 27.8 Å². The van der Waals surface area contributed by atoms with Gasteiger partial charge in [0.1, 0.15) is 0 Å². The van der Waals surface area contributed by atoms with Gasteiger partial charge in [0.15, 0.2) is 0 Å². The molecule has 1 aromatic rings. The highest BCUT2D eigenvalue weighted by atomic mass is 32.2. The van der Waals surface area contributed by atoms with Crippen LogP contribution >= 0.6 is 11.8 Å². The lowest BCUT2D eigenvalue weighted by atomic mass is 9.96. The van der Waals surface area contributed by atoms with Crippen LogP contribution in [0.1, 0.15) is 64.6 Å². The summed E-state index contributed by atoms with van der Waals surface area (Å²) in [5, 5.41) is 8.74. The van der Waals surface area contributed by atoms with E-state index >= 15 is 0 Å². The van der Waals surface area contributed by atoms with Crippen LogP contribution in [-0.2, 0) is 4.79 Å². The molecule has 1 aliphatic rings. The van der Waals surface area contributed by atoms with E-state index in [0.29, 0.717) is 17.5 Å². The van der Waals surface area contributed by atoms with E-state index in [-0.39, 0.29) is 5.91 Å². The zero-order valence-electron chi connectivity index (χ0n) is 15.3. The third-order valence-electron chi connectivity index (χ3n) is 4.41. The van der Waals surface area contributed by atoms with Crippen molar-refractivity contribution < 1.29 is 4.79 Å². The van der Waals surface area contributed by atoms with Gasteiger partial charge in [0.05, 0.1) is 21.7 Å². The van der Waals surface area contributed by atoms with Crippen LogP contribution in [0.5, 0.6) is 0 Å². The van der Waals surface area contributed by atoms with Gasteiger partial charge in [0, 0.05) is 12.1 Å². The number of carbonyl (C=O) groups excluding carboxylic acids is 1. The van der Waals surface area contributed by atoms with Gasteiger partial charge in [-0.3, -0.25) is 9.48 Å². The summed E-state index contributed by atoms with van der Waals surface area (Å²) >= 11 is 1.50. The number of nitrogens with one attached hydrogen (secondary N) is 1. The van der Waals surface area contributed by atoms with E-state index in [4.69, 9.17) is 5.73 Å². The maximum Gasteiger partial charge on any atom is 0.258 e. The van der Waals surface area contributed by atoms with Crippen molar-refractivity contribution in [2.24, 2.45) is 5.73 Å². The Kier molecular flexibility index (Phi) is 6.52. The zero-order chi connectivity index (χ0) is 17.7. The largest absolute Gasteiger partial charge is 0.345 e. The lowest BCUT2D eigenvalue weighted by Gasteiger charge is -2.26. The van der Waals surface area contributed by atoms with Gasteiger partial charge in [-0.25, -0.2) is 0 Å². The Morgan fingerprint density at radius 2 is 2.12 bits per heavy atom. The van der Waals surface area contributed by atoms with Crippen LogP contribution in [0.3, 0.4) is 0 Å². The van der Waals surface area contributed by atoms with Crippen molar-refractivity contribution in [1.29, 1.82) is 0 Å². The molecule has 1 aliphatic carbocycles. The molecular formula is C18H30N4OS. The normalized spacial score (nSPS) is 17.1. The standard InChI is InChI=1S/C18H30N4OS/c1-5-15(17(23)20-18(3,4)12-19)24-16-11-13(2)21-22(16)14-9-7-6-8-10-14/h5,11,14H,6-10,12,19H2,1-4H3,(H,20,23)/b15-5-. The summed E-state index contributed by atoms with van der Waals surface area (Å²) in [5.74, 6) is -0.0769. The fourth-order valence-corrected chi connectivity index (χ4v) is 3.93. The number of amides is 1. The summed E-state index contributed by atoms with van der Waals surface area (Å²) in [7, 11) is 0. The summed E-state index contributed by atoms with van der Waals surface area (Å²) < 4.78 is 2.13. The minimum absolute atomic E-state index is 0.0769. The van der Waals surface area contributed by atoms with E-state index in [1.807, 2.05) is 33.8 Å². The Bertz CT molecular complexity index is 600. The molecule has 1 saturated carbocycles. The van der Waals surface area contributed by atoms with Crippen molar-refractivity contribution in [3.63, 3.8) is 0 Å². The van der Waals surface area contributed by atoms with E-state index in [0.717, 1.165) is 10.7 Å². The van der Waals surface area contributed by atoms with Crippen molar-refractivity contribution >= 4 is 17.7 Å². The molecule has 0 bridgehead atoms. The smallest absolute Gasteiger partial charge is 0.258 e. The van der Waals surface area contributed by atoms with E-state index in [9.17, 15) is 4.79 Å². The Morgan fingerprint density at radius 1 is 1.46 bits per heavy atom. The molecule has 0 saturated heterocycles. The average molecular weight is 351 g/mol. The van der Waals surface area contributed by atoms with Crippen LogP contribution in [0.4, 0.5) is 0 Å². The quantitative estimate of drug-likeness (QED) is 0.608. The number of allylic oxidation sites excluding steroid dienone is 1. The summed E-state index contributed by atoms with van der Waals surface area (Å²) in [6, 6.07) is 2.53. The Hall–Kier alpha value is -1.27. The molecule has 1 amide bonds. The van der Waals surface area contributed by atoms with Crippen molar-refractivity contribution in [3.8, 4) is 0 Å². The molecule has 6 heteroatoms.